The number of rotatable bonds is 4. The summed E-state index contributed by atoms with van der Waals surface area (Å²) in [5.74, 6) is 1.08. The highest BCUT2D eigenvalue weighted by Gasteiger charge is 2.09. The summed E-state index contributed by atoms with van der Waals surface area (Å²) in [6, 6.07) is 5.79. The number of fused-ring (bicyclic) bond motifs is 1. The molecule has 4 heteroatoms. The molecule has 0 saturated heterocycles. The molecule has 0 amide bonds. The Hall–Kier alpha value is -1.06. The third kappa shape index (κ3) is 2.06. The molecule has 1 aromatic carbocycles. The highest BCUT2D eigenvalue weighted by Crippen LogP contribution is 2.21. The average Bonchev–Trinajstić information content (AvgIpc) is 2.63. The summed E-state index contributed by atoms with van der Waals surface area (Å²) in [5.41, 5.74) is 2.08. The van der Waals surface area contributed by atoms with E-state index in [9.17, 15) is 0 Å². The molecule has 0 aliphatic heterocycles. The number of hydrogen-bond donors (Lipinski definition) is 0. The Bertz CT molecular complexity index is 493. The van der Waals surface area contributed by atoms with Crippen LogP contribution in [0.1, 0.15) is 12.7 Å². The molecule has 0 N–H and O–H groups in total. The second-order valence-electron chi connectivity index (χ2n) is 3.66. The molecule has 2 aromatic rings. The van der Waals surface area contributed by atoms with Crippen molar-refractivity contribution in [3.05, 3.63) is 29.0 Å². The molecule has 0 unspecified atom stereocenters. The van der Waals surface area contributed by atoms with Crippen molar-refractivity contribution < 1.29 is 4.74 Å². The van der Waals surface area contributed by atoms with Crippen molar-refractivity contribution in [3.8, 4) is 0 Å². The maximum atomic E-state index is 6.00. The van der Waals surface area contributed by atoms with E-state index in [1.54, 1.807) is 7.11 Å². The van der Waals surface area contributed by atoms with Crippen LogP contribution in [0.25, 0.3) is 11.0 Å². The molecule has 2 rings (SSSR count). The fourth-order valence-corrected chi connectivity index (χ4v) is 2.01. The molecule has 0 aliphatic carbocycles. The summed E-state index contributed by atoms with van der Waals surface area (Å²) in [4.78, 5) is 4.57. The van der Waals surface area contributed by atoms with Gasteiger partial charge in [-0.05, 0) is 18.2 Å². The SMILES string of the molecule is CCc1nc2ccc(Cl)cc2n1CCOC. The van der Waals surface area contributed by atoms with Gasteiger partial charge in [0.15, 0.2) is 0 Å². The molecular formula is C12H15ClN2O. The summed E-state index contributed by atoms with van der Waals surface area (Å²) in [5, 5.41) is 0.744. The van der Waals surface area contributed by atoms with Gasteiger partial charge in [-0.3, -0.25) is 0 Å². The summed E-state index contributed by atoms with van der Waals surface area (Å²) in [7, 11) is 1.71. The highest BCUT2D eigenvalue weighted by molar-refractivity contribution is 6.31. The number of methoxy groups -OCH3 is 1. The first-order chi connectivity index (χ1) is 7.76. The quantitative estimate of drug-likeness (QED) is 0.819. The van der Waals surface area contributed by atoms with Gasteiger partial charge in [-0.25, -0.2) is 4.98 Å². The van der Waals surface area contributed by atoms with Crippen LogP contribution < -0.4 is 0 Å². The zero-order valence-corrected chi connectivity index (χ0v) is 10.3. The van der Waals surface area contributed by atoms with E-state index in [-0.39, 0.29) is 0 Å². The molecule has 0 spiro atoms. The molecule has 86 valence electrons. The van der Waals surface area contributed by atoms with Crippen molar-refractivity contribution in [1.29, 1.82) is 0 Å². The van der Waals surface area contributed by atoms with Crippen LogP contribution in [-0.2, 0) is 17.7 Å². The molecule has 0 fully saturated rings. The van der Waals surface area contributed by atoms with E-state index in [4.69, 9.17) is 16.3 Å². The number of ether oxygens (including phenoxy) is 1. The Kier molecular flexibility index (Phi) is 3.46. The maximum absolute atomic E-state index is 6.00. The third-order valence-corrected chi connectivity index (χ3v) is 2.86. The van der Waals surface area contributed by atoms with Crippen molar-refractivity contribution in [2.24, 2.45) is 0 Å². The molecule has 0 atom stereocenters. The van der Waals surface area contributed by atoms with Crippen LogP contribution >= 0.6 is 11.6 Å². The molecule has 1 aromatic heterocycles. The van der Waals surface area contributed by atoms with E-state index in [2.05, 4.69) is 16.5 Å². The van der Waals surface area contributed by atoms with Crippen LogP contribution in [0.3, 0.4) is 0 Å². The summed E-state index contributed by atoms with van der Waals surface area (Å²) >= 11 is 6.00. The van der Waals surface area contributed by atoms with E-state index in [0.29, 0.717) is 6.61 Å². The standard InChI is InChI=1S/C12H15ClN2O/c1-3-12-14-10-5-4-9(13)8-11(10)15(12)6-7-16-2/h4-5,8H,3,6-7H2,1-2H3. The van der Waals surface area contributed by atoms with E-state index < -0.39 is 0 Å². The fourth-order valence-electron chi connectivity index (χ4n) is 1.85. The summed E-state index contributed by atoms with van der Waals surface area (Å²) in [6.07, 6.45) is 0.913. The highest BCUT2D eigenvalue weighted by atomic mass is 35.5. The second kappa shape index (κ2) is 4.85. The van der Waals surface area contributed by atoms with Crippen LogP contribution in [0.4, 0.5) is 0 Å². The Labute approximate surface area is 100.0 Å². The summed E-state index contributed by atoms with van der Waals surface area (Å²) in [6.45, 7) is 3.60. The lowest BCUT2D eigenvalue weighted by molar-refractivity contribution is 0.187. The minimum absolute atomic E-state index is 0.685. The van der Waals surface area contributed by atoms with E-state index in [1.807, 2.05) is 18.2 Å². The van der Waals surface area contributed by atoms with Gasteiger partial charge in [0.1, 0.15) is 5.82 Å². The largest absolute Gasteiger partial charge is 0.383 e. The van der Waals surface area contributed by atoms with Crippen molar-refractivity contribution in [2.45, 2.75) is 19.9 Å². The van der Waals surface area contributed by atoms with Gasteiger partial charge >= 0.3 is 0 Å². The molecule has 0 bridgehead atoms. The topological polar surface area (TPSA) is 27.1 Å². The molecule has 0 saturated carbocycles. The van der Waals surface area contributed by atoms with Crippen molar-refractivity contribution in [3.63, 3.8) is 0 Å². The first kappa shape index (κ1) is 11.4. The minimum atomic E-state index is 0.685. The van der Waals surface area contributed by atoms with Crippen LogP contribution in [-0.4, -0.2) is 23.3 Å². The Morgan fingerprint density at radius 3 is 2.94 bits per heavy atom. The van der Waals surface area contributed by atoms with E-state index in [1.165, 1.54) is 0 Å². The van der Waals surface area contributed by atoms with Gasteiger partial charge in [-0.2, -0.15) is 0 Å². The van der Waals surface area contributed by atoms with Crippen LogP contribution in [0.15, 0.2) is 18.2 Å². The second-order valence-corrected chi connectivity index (χ2v) is 4.10. The number of hydrogen-bond acceptors (Lipinski definition) is 2. The van der Waals surface area contributed by atoms with Gasteiger partial charge in [0.25, 0.3) is 0 Å². The Morgan fingerprint density at radius 2 is 2.25 bits per heavy atom. The fraction of sp³-hybridized carbons (Fsp3) is 0.417. The van der Waals surface area contributed by atoms with Crippen molar-refractivity contribution >= 4 is 22.6 Å². The van der Waals surface area contributed by atoms with Gasteiger partial charge in [0.05, 0.1) is 17.6 Å². The monoisotopic (exact) mass is 238 g/mol. The lowest BCUT2D eigenvalue weighted by Gasteiger charge is -2.06. The number of benzene rings is 1. The predicted molar refractivity (Wildman–Crippen MR) is 66.0 cm³/mol. The lowest BCUT2D eigenvalue weighted by Crippen LogP contribution is -2.07. The van der Waals surface area contributed by atoms with Crippen LogP contribution in [0.2, 0.25) is 5.02 Å². The first-order valence-electron chi connectivity index (χ1n) is 5.40. The zero-order chi connectivity index (χ0) is 11.5. The Morgan fingerprint density at radius 1 is 1.44 bits per heavy atom. The molecule has 0 radical (unpaired) electrons. The third-order valence-electron chi connectivity index (χ3n) is 2.62. The van der Waals surface area contributed by atoms with Gasteiger partial charge in [0, 0.05) is 25.1 Å². The van der Waals surface area contributed by atoms with E-state index in [0.717, 1.165) is 34.8 Å². The minimum Gasteiger partial charge on any atom is -0.383 e. The number of aromatic nitrogens is 2. The first-order valence-corrected chi connectivity index (χ1v) is 5.77. The maximum Gasteiger partial charge on any atom is 0.109 e. The molecule has 3 nitrogen and oxygen atoms in total. The molecule has 16 heavy (non-hydrogen) atoms. The van der Waals surface area contributed by atoms with E-state index >= 15 is 0 Å². The zero-order valence-electron chi connectivity index (χ0n) is 9.53. The number of aryl methyl sites for hydroxylation is 1. The average molecular weight is 239 g/mol. The smallest absolute Gasteiger partial charge is 0.109 e. The normalized spacial score (nSPS) is 11.2. The van der Waals surface area contributed by atoms with Crippen LogP contribution in [0.5, 0.6) is 0 Å². The Balaban J connectivity index is 2.52. The van der Waals surface area contributed by atoms with Gasteiger partial charge in [0.2, 0.25) is 0 Å². The van der Waals surface area contributed by atoms with Crippen LogP contribution in [0, 0.1) is 0 Å². The summed E-state index contributed by atoms with van der Waals surface area (Å²) < 4.78 is 7.28. The molecule has 0 aliphatic rings. The number of imidazole rings is 1. The number of halogens is 1. The van der Waals surface area contributed by atoms with Gasteiger partial charge < -0.3 is 9.30 Å². The predicted octanol–water partition coefficient (Wildman–Crippen LogP) is 2.90. The van der Waals surface area contributed by atoms with Crippen molar-refractivity contribution in [2.75, 3.05) is 13.7 Å². The van der Waals surface area contributed by atoms with Gasteiger partial charge in [-0.1, -0.05) is 18.5 Å². The molecular weight excluding hydrogens is 224 g/mol. The number of nitrogens with zero attached hydrogens (tertiary/aromatic N) is 2. The lowest BCUT2D eigenvalue weighted by atomic mass is 10.3. The molecule has 1 heterocycles. The van der Waals surface area contributed by atoms with Gasteiger partial charge in [-0.15, -0.1) is 0 Å². The van der Waals surface area contributed by atoms with Crippen molar-refractivity contribution in [1.82, 2.24) is 9.55 Å².